The Labute approximate surface area is 379 Å². The van der Waals surface area contributed by atoms with Gasteiger partial charge in [-0.15, -0.1) is 5.06 Å². The number of nitrogens with zero attached hydrogens (tertiary/aromatic N) is 1. The van der Waals surface area contributed by atoms with E-state index < -0.39 is 51.9 Å². The number of ketones is 2. The van der Waals surface area contributed by atoms with Crippen molar-refractivity contribution in [3.8, 4) is 17.2 Å². The van der Waals surface area contributed by atoms with Gasteiger partial charge in [-0.3, -0.25) is 24.0 Å². The minimum absolute atomic E-state index is 0.0240. The van der Waals surface area contributed by atoms with Gasteiger partial charge in [-0.25, -0.2) is 4.79 Å². The van der Waals surface area contributed by atoms with Gasteiger partial charge in [0.1, 0.15) is 34.0 Å². The second-order valence-electron chi connectivity index (χ2n) is 19.1. The predicted molar refractivity (Wildman–Crippen MR) is 245 cm³/mol. The molecule has 13 nitrogen and oxygen atoms in total. The van der Waals surface area contributed by atoms with Gasteiger partial charge in [-0.05, 0) is 125 Å². The third-order valence-electron chi connectivity index (χ3n) is 12.4. The van der Waals surface area contributed by atoms with Gasteiger partial charge in [-0.2, -0.15) is 0 Å². The van der Waals surface area contributed by atoms with Crippen LogP contribution in [0.25, 0.3) is 6.08 Å². The van der Waals surface area contributed by atoms with Crippen LogP contribution in [0.4, 0.5) is 0 Å². The van der Waals surface area contributed by atoms with E-state index in [0.29, 0.717) is 72.6 Å². The van der Waals surface area contributed by atoms with Gasteiger partial charge in [0.2, 0.25) is 5.91 Å². The lowest BCUT2D eigenvalue weighted by Gasteiger charge is -2.51. The number of carbonyl (C=O) groups excluding carboxylic acids is 6. The van der Waals surface area contributed by atoms with Gasteiger partial charge in [0, 0.05) is 54.7 Å². The first-order chi connectivity index (χ1) is 29.9. The Morgan fingerprint density at radius 2 is 1.56 bits per heavy atom. The first kappa shape index (κ1) is 51.3. The molecule has 350 valence electrons. The number of hydroxylamine groups is 2. The number of allylic oxidation sites excluding steroid dienone is 6. The predicted octanol–water partition coefficient (Wildman–Crippen LogP) is 9.44. The fraction of sp³-hybridized carbons (Fsp3) is 0.569. The van der Waals surface area contributed by atoms with Crippen LogP contribution in [0.5, 0.6) is 17.2 Å². The van der Waals surface area contributed by atoms with Gasteiger partial charge in [0.05, 0.1) is 11.7 Å². The molecular weight excluding hydrogens is 817 g/mol. The van der Waals surface area contributed by atoms with Crippen molar-refractivity contribution in [1.82, 2.24) is 10.4 Å². The molecule has 3 amide bonds. The van der Waals surface area contributed by atoms with E-state index in [1.165, 1.54) is 5.57 Å². The summed E-state index contributed by atoms with van der Waals surface area (Å²) in [6.45, 7) is 21.2. The number of fused-ring (bicyclic) bond motifs is 1. The number of phenols is 2. The number of unbranched alkanes of at least 4 members (excludes halogenated alkanes) is 2. The molecule has 2 aliphatic heterocycles. The van der Waals surface area contributed by atoms with Crippen molar-refractivity contribution in [3.63, 3.8) is 0 Å². The number of phenolic OH excluding ortho intramolecular Hbond substituents is 2. The molecule has 1 saturated carbocycles. The molecule has 1 aromatic rings. The zero-order valence-corrected chi connectivity index (χ0v) is 39.8. The summed E-state index contributed by atoms with van der Waals surface area (Å²) in [6.07, 6.45) is 15.2. The summed E-state index contributed by atoms with van der Waals surface area (Å²) in [7, 11) is 0. The highest BCUT2D eigenvalue weighted by Crippen LogP contribution is 2.51. The van der Waals surface area contributed by atoms with Crippen LogP contribution >= 0.6 is 0 Å². The Morgan fingerprint density at radius 1 is 0.906 bits per heavy atom. The van der Waals surface area contributed by atoms with E-state index in [2.05, 4.69) is 11.4 Å². The molecule has 0 bridgehead atoms. The molecule has 3 unspecified atom stereocenters. The number of benzene rings is 1. The van der Waals surface area contributed by atoms with E-state index >= 15 is 0 Å². The fourth-order valence-corrected chi connectivity index (χ4v) is 8.43. The lowest BCUT2D eigenvalue weighted by Crippen LogP contribution is -2.59. The summed E-state index contributed by atoms with van der Waals surface area (Å²) in [6, 6.07) is 0. The van der Waals surface area contributed by atoms with Crippen LogP contribution in [0.3, 0.4) is 0 Å². The van der Waals surface area contributed by atoms with Crippen molar-refractivity contribution >= 4 is 41.3 Å². The normalized spacial score (nSPS) is 22.0. The van der Waals surface area contributed by atoms with Crippen molar-refractivity contribution in [2.75, 3.05) is 6.54 Å². The van der Waals surface area contributed by atoms with E-state index in [-0.39, 0.29) is 66.8 Å². The molecule has 13 heteroatoms. The van der Waals surface area contributed by atoms with Gasteiger partial charge in [-0.1, -0.05) is 55.7 Å². The number of ether oxygens (including phenoxy) is 2. The molecule has 2 heterocycles. The quantitative estimate of drug-likeness (QED) is 0.0372. The third kappa shape index (κ3) is 12.3. The number of amides is 3. The maximum atomic E-state index is 14.8. The summed E-state index contributed by atoms with van der Waals surface area (Å²) in [5, 5.41) is 26.9. The molecule has 0 aromatic heterocycles. The molecular formula is C51H70N2O11. The number of hydrogen-bond acceptors (Lipinski definition) is 11. The highest BCUT2D eigenvalue weighted by Gasteiger charge is 2.56. The van der Waals surface area contributed by atoms with Crippen LogP contribution < -0.4 is 10.1 Å². The number of aromatic hydroxyl groups is 2. The zero-order valence-electron chi connectivity index (χ0n) is 39.8. The standard InChI is InChI=1S/C51H70N2O11/c1-31(2)16-15-25-50(11)27-24-38-45(59)42(44(58)37(46(38)63-50)19-18-32(3)4)43(57)35(8)30-36-23-26-49(9,10)51(47(36)60,62-33(5)6)28-22-34(7)48(61)52-29-14-12-13-17-41(56)64-53-39(54)20-21-40(53)55/h16,18,22,24,27,30,33,36,58-59H,12-15,17,19-21,23,25-26,28-29H2,1-11H3,(H,52,61)/b34-22-,35-30+. The monoisotopic (exact) mass is 886 g/mol. The van der Waals surface area contributed by atoms with E-state index in [9.17, 15) is 39.0 Å². The molecule has 3 atom stereocenters. The van der Waals surface area contributed by atoms with Crippen LogP contribution in [0, 0.1) is 11.3 Å². The summed E-state index contributed by atoms with van der Waals surface area (Å²) < 4.78 is 13.1. The third-order valence-corrected chi connectivity index (χ3v) is 12.4. The summed E-state index contributed by atoms with van der Waals surface area (Å²) >= 11 is 0. The van der Waals surface area contributed by atoms with Crippen LogP contribution in [0.2, 0.25) is 0 Å². The molecule has 2 fully saturated rings. The van der Waals surface area contributed by atoms with E-state index in [0.717, 1.165) is 12.0 Å². The maximum Gasteiger partial charge on any atom is 0.333 e. The number of imide groups is 1. The Hall–Kier alpha value is -5.30. The van der Waals surface area contributed by atoms with Gasteiger partial charge in [0.25, 0.3) is 11.8 Å². The van der Waals surface area contributed by atoms with Crippen molar-refractivity contribution < 1.29 is 53.3 Å². The second kappa shape index (κ2) is 21.6. The largest absolute Gasteiger partial charge is 0.507 e. The maximum absolute atomic E-state index is 14.8. The Kier molecular flexibility index (Phi) is 17.3. The first-order valence-corrected chi connectivity index (χ1v) is 22.7. The van der Waals surface area contributed by atoms with Crippen molar-refractivity contribution in [2.24, 2.45) is 11.3 Å². The van der Waals surface area contributed by atoms with Crippen molar-refractivity contribution in [1.29, 1.82) is 0 Å². The number of rotatable bonds is 20. The number of carbonyl (C=O) groups is 6. The number of Topliss-reactive ketones (excluding diaryl/α,β-unsaturated/α-hetero) is 2. The average molecular weight is 887 g/mol. The smallest absolute Gasteiger partial charge is 0.333 e. The zero-order chi connectivity index (χ0) is 47.7. The van der Waals surface area contributed by atoms with Crippen molar-refractivity contribution in [3.05, 3.63) is 69.4 Å². The molecule has 4 rings (SSSR count). The van der Waals surface area contributed by atoms with Crippen molar-refractivity contribution in [2.45, 2.75) is 171 Å². The molecule has 3 N–H and O–H groups in total. The van der Waals surface area contributed by atoms with Crippen LogP contribution in [0.1, 0.15) is 168 Å². The fourth-order valence-electron chi connectivity index (χ4n) is 8.43. The molecule has 0 spiro atoms. The summed E-state index contributed by atoms with van der Waals surface area (Å²) in [5.74, 6) is -4.03. The van der Waals surface area contributed by atoms with E-state index in [4.69, 9.17) is 14.3 Å². The minimum Gasteiger partial charge on any atom is -0.507 e. The molecule has 1 aliphatic carbocycles. The number of hydrogen-bond donors (Lipinski definition) is 3. The van der Waals surface area contributed by atoms with Gasteiger partial charge < -0.3 is 29.8 Å². The molecule has 3 aliphatic rings. The lowest BCUT2D eigenvalue weighted by atomic mass is 9.59. The van der Waals surface area contributed by atoms with Crippen LogP contribution in [-0.2, 0) is 40.0 Å². The summed E-state index contributed by atoms with van der Waals surface area (Å²) in [5.41, 5.74) is 0.523. The lowest BCUT2D eigenvalue weighted by molar-refractivity contribution is -0.197. The minimum atomic E-state index is -1.35. The second-order valence-corrected chi connectivity index (χ2v) is 19.1. The van der Waals surface area contributed by atoms with Gasteiger partial charge >= 0.3 is 5.97 Å². The molecule has 64 heavy (non-hydrogen) atoms. The summed E-state index contributed by atoms with van der Waals surface area (Å²) in [4.78, 5) is 82.7. The Balaban J connectivity index is 1.52. The topological polar surface area (TPSA) is 186 Å². The Morgan fingerprint density at radius 3 is 2.19 bits per heavy atom. The van der Waals surface area contributed by atoms with E-state index in [1.807, 2.05) is 74.5 Å². The van der Waals surface area contributed by atoms with E-state index in [1.54, 1.807) is 32.1 Å². The highest BCUT2D eigenvalue weighted by molar-refractivity contribution is 6.13. The molecule has 1 aromatic carbocycles. The Bertz CT molecular complexity index is 2130. The molecule has 0 radical (unpaired) electrons. The SMILES string of the molecule is CC(C)=CCCC1(C)C=Cc2c(O)c(C(=O)/C(C)=C/C3CCC(C)(C)C(C/C=C(/C)C(=O)NCCCCCC(=O)ON4C(=O)CCC4=O)(OC(C)C)C3=O)c(O)c(CC=C(C)C)c2O1. The average Bonchev–Trinajstić information content (AvgIpc) is 3.52. The van der Waals surface area contributed by atoms with Crippen LogP contribution in [0.15, 0.2) is 52.7 Å². The number of nitrogens with one attached hydrogen (secondary N) is 1. The highest BCUT2D eigenvalue weighted by atomic mass is 16.7. The molecule has 1 saturated heterocycles. The first-order valence-electron chi connectivity index (χ1n) is 22.7. The van der Waals surface area contributed by atoms with Gasteiger partial charge in [0.15, 0.2) is 11.6 Å². The van der Waals surface area contributed by atoms with Crippen LogP contribution in [-0.4, -0.2) is 74.4 Å².